The molecule has 0 radical (unpaired) electrons. The van der Waals surface area contributed by atoms with Crippen LogP contribution in [0.25, 0.3) is 0 Å². The molecule has 0 saturated heterocycles. The largest absolute Gasteiger partial charge is 0.396 e. The molecule has 2 aromatic rings. The SMILES string of the molecule is CCNC(=NCC(CO)c1ccccc1)NCCc1ccc(Cl)cc1.I. The first-order valence-electron chi connectivity index (χ1n) is 8.65. The minimum atomic E-state index is 0. The van der Waals surface area contributed by atoms with E-state index < -0.39 is 0 Å². The van der Waals surface area contributed by atoms with Gasteiger partial charge in [-0.05, 0) is 36.6 Å². The topological polar surface area (TPSA) is 56.7 Å². The Morgan fingerprint density at radius 2 is 1.77 bits per heavy atom. The number of hydrogen-bond donors (Lipinski definition) is 3. The molecule has 26 heavy (non-hydrogen) atoms. The fraction of sp³-hybridized carbons (Fsp3) is 0.350. The molecule has 1 unspecified atom stereocenters. The third-order valence-corrected chi connectivity index (χ3v) is 4.18. The molecular weight excluding hydrogens is 461 g/mol. The number of benzene rings is 2. The van der Waals surface area contributed by atoms with E-state index in [1.165, 1.54) is 5.56 Å². The number of aliphatic hydroxyl groups excluding tert-OH is 1. The van der Waals surface area contributed by atoms with E-state index in [4.69, 9.17) is 11.6 Å². The van der Waals surface area contributed by atoms with Crippen molar-refractivity contribution in [1.29, 1.82) is 0 Å². The molecule has 0 heterocycles. The predicted octanol–water partition coefficient (Wildman–Crippen LogP) is 3.83. The highest BCUT2D eigenvalue weighted by molar-refractivity contribution is 14.0. The van der Waals surface area contributed by atoms with E-state index in [2.05, 4.69) is 15.6 Å². The van der Waals surface area contributed by atoms with Crippen LogP contribution in [0.4, 0.5) is 0 Å². The van der Waals surface area contributed by atoms with Gasteiger partial charge >= 0.3 is 0 Å². The Hall–Kier alpha value is -1.31. The van der Waals surface area contributed by atoms with E-state index in [9.17, 15) is 5.11 Å². The normalized spacial score (nSPS) is 12.2. The van der Waals surface area contributed by atoms with Gasteiger partial charge in [-0.3, -0.25) is 4.99 Å². The summed E-state index contributed by atoms with van der Waals surface area (Å²) in [6.45, 7) is 4.23. The van der Waals surface area contributed by atoms with Gasteiger partial charge in [0.1, 0.15) is 0 Å². The van der Waals surface area contributed by atoms with Crippen LogP contribution in [0.15, 0.2) is 59.6 Å². The minimum Gasteiger partial charge on any atom is -0.396 e. The summed E-state index contributed by atoms with van der Waals surface area (Å²) >= 11 is 5.91. The van der Waals surface area contributed by atoms with Crippen molar-refractivity contribution in [2.45, 2.75) is 19.3 Å². The van der Waals surface area contributed by atoms with Crippen molar-refractivity contribution in [2.24, 2.45) is 4.99 Å². The van der Waals surface area contributed by atoms with Crippen molar-refractivity contribution in [1.82, 2.24) is 10.6 Å². The molecule has 2 rings (SSSR count). The van der Waals surface area contributed by atoms with Gasteiger partial charge in [-0.15, -0.1) is 24.0 Å². The van der Waals surface area contributed by atoms with E-state index in [0.717, 1.165) is 36.1 Å². The Balaban J connectivity index is 0.00000338. The molecule has 0 aliphatic carbocycles. The van der Waals surface area contributed by atoms with Crippen molar-refractivity contribution >= 4 is 41.5 Å². The van der Waals surface area contributed by atoms with Crippen LogP contribution in [0.5, 0.6) is 0 Å². The lowest BCUT2D eigenvalue weighted by Crippen LogP contribution is -2.38. The molecule has 0 aliphatic heterocycles. The summed E-state index contributed by atoms with van der Waals surface area (Å²) in [4.78, 5) is 4.62. The molecule has 0 saturated carbocycles. The average molecular weight is 488 g/mol. The summed E-state index contributed by atoms with van der Waals surface area (Å²) in [5, 5.41) is 17.0. The number of rotatable bonds is 8. The quantitative estimate of drug-likeness (QED) is 0.301. The van der Waals surface area contributed by atoms with E-state index in [1.54, 1.807) is 0 Å². The molecular formula is C20H27ClIN3O. The Bertz CT molecular complexity index is 650. The van der Waals surface area contributed by atoms with Crippen LogP contribution in [-0.4, -0.2) is 37.3 Å². The monoisotopic (exact) mass is 487 g/mol. The Labute approximate surface area is 178 Å². The number of guanidine groups is 1. The maximum absolute atomic E-state index is 9.65. The molecule has 2 aromatic carbocycles. The maximum Gasteiger partial charge on any atom is 0.191 e. The molecule has 0 spiro atoms. The third kappa shape index (κ3) is 7.93. The Morgan fingerprint density at radius 1 is 1.08 bits per heavy atom. The fourth-order valence-corrected chi connectivity index (χ4v) is 2.64. The molecule has 3 N–H and O–H groups in total. The lowest BCUT2D eigenvalue weighted by atomic mass is 10.0. The van der Waals surface area contributed by atoms with Gasteiger partial charge in [0.15, 0.2) is 5.96 Å². The first-order chi connectivity index (χ1) is 12.2. The maximum atomic E-state index is 9.65. The number of halogens is 2. The van der Waals surface area contributed by atoms with Crippen molar-refractivity contribution < 1.29 is 5.11 Å². The second-order valence-electron chi connectivity index (χ2n) is 5.81. The predicted molar refractivity (Wildman–Crippen MR) is 121 cm³/mol. The smallest absolute Gasteiger partial charge is 0.191 e. The van der Waals surface area contributed by atoms with E-state index >= 15 is 0 Å². The van der Waals surface area contributed by atoms with Gasteiger partial charge in [-0.1, -0.05) is 54.1 Å². The van der Waals surface area contributed by atoms with E-state index in [-0.39, 0.29) is 36.5 Å². The molecule has 0 aliphatic rings. The number of aliphatic hydroxyl groups is 1. The summed E-state index contributed by atoms with van der Waals surface area (Å²) in [7, 11) is 0. The van der Waals surface area contributed by atoms with Gasteiger partial charge in [0.2, 0.25) is 0 Å². The van der Waals surface area contributed by atoms with Crippen molar-refractivity contribution in [3.63, 3.8) is 0 Å². The van der Waals surface area contributed by atoms with E-state index in [1.807, 2.05) is 61.5 Å². The molecule has 0 aromatic heterocycles. The lowest BCUT2D eigenvalue weighted by Gasteiger charge is -2.15. The van der Waals surface area contributed by atoms with Crippen LogP contribution in [0.2, 0.25) is 5.02 Å². The Kier molecular flexibility index (Phi) is 11.3. The van der Waals surface area contributed by atoms with Crippen molar-refractivity contribution in [3.05, 3.63) is 70.7 Å². The zero-order chi connectivity index (χ0) is 17.9. The molecule has 1 atom stereocenters. The van der Waals surface area contributed by atoms with E-state index in [0.29, 0.717) is 6.54 Å². The molecule has 0 fully saturated rings. The van der Waals surface area contributed by atoms with Gasteiger partial charge in [0.05, 0.1) is 13.2 Å². The summed E-state index contributed by atoms with van der Waals surface area (Å²) < 4.78 is 0. The number of hydrogen-bond acceptors (Lipinski definition) is 2. The zero-order valence-electron chi connectivity index (χ0n) is 15.0. The highest BCUT2D eigenvalue weighted by Gasteiger charge is 2.09. The van der Waals surface area contributed by atoms with Gasteiger partial charge in [-0.2, -0.15) is 0 Å². The minimum absolute atomic E-state index is 0. The first-order valence-corrected chi connectivity index (χ1v) is 9.03. The first kappa shape index (κ1) is 22.7. The molecule has 4 nitrogen and oxygen atoms in total. The van der Waals surface area contributed by atoms with Crippen LogP contribution in [0.1, 0.15) is 24.0 Å². The van der Waals surface area contributed by atoms with Gasteiger partial charge in [0.25, 0.3) is 0 Å². The Morgan fingerprint density at radius 3 is 2.38 bits per heavy atom. The average Bonchev–Trinajstić information content (AvgIpc) is 2.64. The molecule has 6 heteroatoms. The fourth-order valence-electron chi connectivity index (χ4n) is 2.51. The van der Waals surface area contributed by atoms with Gasteiger partial charge < -0.3 is 15.7 Å². The molecule has 0 amide bonds. The number of nitrogens with zero attached hydrogens (tertiary/aromatic N) is 1. The summed E-state index contributed by atoms with van der Waals surface area (Å²) in [5.41, 5.74) is 2.33. The second-order valence-corrected chi connectivity index (χ2v) is 6.25. The second kappa shape index (κ2) is 12.9. The van der Waals surface area contributed by atoms with Crippen molar-refractivity contribution in [2.75, 3.05) is 26.2 Å². The van der Waals surface area contributed by atoms with Crippen LogP contribution < -0.4 is 10.6 Å². The van der Waals surface area contributed by atoms with Crippen LogP contribution in [0.3, 0.4) is 0 Å². The van der Waals surface area contributed by atoms with Crippen LogP contribution in [-0.2, 0) is 6.42 Å². The number of aliphatic imine (C=N–C) groups is 1. The lowest BCUT2D eigenvalue weighted by molar-refractivity contribution is 0.268. The number of nitrogens with one attached hydrogen (secondary N) is 2. The third-order valence-electron chi connectivity index (χ3n) is 3.92. The summed E-state index contributed by atoms with van der Waals surface area (Å²) in [5.74, 6) is 0.777. The standard InChI is InChI=1S/C20H26ClN3O.HI/c1-2-22-20(23-13-12-16-8-10-19(21)11-9-16)24-14-18(15-25)17-6-4-3-5-7-17;/h3-11,18,25H,2,12-15H2,1H3,(H2,22,23,24);1H. The summed E-state index contributed by atoms with van der Waals surface area (Å²) in [6.07, 6.45) is 0.893. The van der Waals surface area contributed by atoms with Crippen molar-refractivity contribution in [3.8, 4) is 0 Å². The zero-order valence-corrected chi connectivity index (χ0v) is 18.1. The van der Waals surface area contributed by atoms with Gasteiger partial charge in [-0.25, -0.2) is 0 Å². The highest BCUT2D eigenvalue weighted by atomic mass is 127. The highest BCUT2D eigenvalue weighted by Crippen LogP contribution is 2.15. The van der Waals surface area contributed by atoms with Crippen LogP contribution in [0, 0.1) is 0 Å². The van der Waals surface area contributed by atoms with Gasteiger partial charge in [0, 0.05) is 24.0 Å². The molecule has 142 valence electrons. The summed E-state index contributed by atoms with van der Waals surface area (Å²) in [6, 6.07) is 17.9. The van der Waals surface area contributed by atoms with Crippen LogP contribution >= 0.6 is 35.6 Å². The molecule has 0 bridgehead atoms.